The summed E-state index contributed by atoms with van der Waals surface area (Å²) >= 11 is 6.32. The van der Waals surface area contributed by atoms with E-state index in [-0.39, 0.29) is 5.88 Å². The van der Waals surface area contributed by atoms with Gasteiger partial charge in [-0.15, -0.1) is 10.2 Å². The maximum Gasteiger partial charge on any atom is 0.247 e. The van der Waals surface area contributed by atoms with Crippen LogP contribution in [0.4, 0.5) is 11.6 Å². The number of fused-ring (bicyclic) bond motifs is 2. The summed E-state index contributed by atoms with van der Waals surface area (Å²) in [6.45, 7) is 0.423. The molecular weight excluding hydrogens is 386 g/mol. The van der Waals surface area contributed by atoms with Crippen LogP contribution in [0, 0.1) is 0 Å². The van der Waals surface area contributed by atoms with Crippen molar-refractivity contribution in [2.45, 2.75) is 6.54 Å². The van der Waals surface area contributed by atoms with Gasteiger partial charge in [0.2, 0.25) is 11.8 Å². The number of hydrogen-bond donors (Lipinski definition) is 2. The summed E-state index contributed by atoms with van der Waals surface area (Å²) in [4.78, 5) is 7.51. The Balaban J connectivity index is 1.59. The van der Waals surface area contributed by atoms with Crippen LogP contribution in [0.25, 0.3) is 21.9 Å². The van der Waals surface area contributed by atoms with Gasteiger partial charge < -0.3 is 14.7 Å². The maximum absolute atomic E-state index is 10.9. The van der Waals surface area contributed by atoms with Gasteiger partial charge in [0, 0.05) is 10.4 Å². The summed E-state index contributed by atoms with van der Waals surface area (Å²) in [6.07, 6.45) is 0. The number of benzene rings is 3. The fourth-order valence-electron chi connectivity index (χ4n) is 3.41. The zero-order valence-electron chi connectivity index (χ0n) is 15.2. The molecule has 0 spiro atoms. The van der Waals surface area contributed by atoms with Crippen molar-refractivity contribution in [3.63, 3.8) is 0 Å². The number of nitrogens with zero attached hydrogens (tertiary/aromatic N) is 4. The normalized spacial score (nSPS) is 11.8. The first-order valence-corrected chi connectivity index (χ1v) is 9.48. The van der Waals surface area contributed by atoms with Crippen LogP contribution in [0.5, 0.6) is 5.88 Å². The van der Waals surface area contributed by atoms with Crippen LogP contribution < -0.4 is 0 Å². The topological polar surface area (TPSA) is 78.6 Å². The molecule has 0 aliphatic rings. The van der Waals surface area contributed by atoms with Crippen molar-refractivity contribution in [1.82, 2.24) is 14.5 Å². The molecule has 5 aromatic rings. The second-order valence-electron chi connectivity index (χ2n) is 6.64. The molecule has 142 valence electrons. The van der Waals surface area contributed by atoms with E-state index in [1.54, 1.807) is 4.57 Å². The Morgan fingerprint density at radius 2 is 1.69 bits per heavy atom. The van der Waals surface area contributed by atoms with E-state index in [2.05, 4.69) is 20.2 Å². The highest BCUT2D eigenvalue weighted by molar-refractivity contribution is 6.31. The number of rotatable bonds is 4. The molecule has 0 aliphatic heterocycles. The molecule has 2 N–H and O–H groups in total. The zero-order chi connectivity index (χ0) is 19.8. The van der Waals surface area contributed by atoms with Gasteiger partial charge in [0.05, 0.1) is 23.1 Å². The van der Waals surface area contributed by atoms with Gasteiger partial charge in [-0.1, -0.05) is 60.1 Å². The molecular formula is C22H16ClN5O. The molecule has 0 fully saturated rings. The Labute approximate surface area is 171 Å². The van der Waals surface area contributed by atoms with E-state index in [9.17, 15) is 5.11 Å². The average molecular weight is 402 g/mol. The van der Waals surface area contributed by atoms with Gasteiger partial charge in [-0.25, -0.2) is 4.98 Å². The summed E-state index contributed by atoms with van der Waals surface area (Å²) in [5, 5.41) is 20.9. The molecule has 0 saturated heterocycles. The Morgan fingerprint density at radius 1 is 0.931 bits per heavy atom. The molecule has 0 bridgehead atoms. The lowest BCUT2D eigenvalue weighted by Crippen LogP contribution is -1.99. The molecule has 29 heavy (non-hydrogen) atoms. The van der Waals surface area contributed by atoms with E-state index in [4.69, 9.17) is 11.6 Å². The number of nitrogens with one attached hydrogen (secondary N) is 1. The Hall–Kier alpha value is -3.64. The van der Waals surface area contributed by atoms with Crippen molar-refractivity contribution in [3.05, 3.63) is 83.4 Å². The van der Waals surface area contributed by atoms with E-state index < -0.39 is 0 Å². The number of azo groups is 1. The molecule has 5 rings (SSSR count). The van der Waals surface area contributed by atoms with Gasteiger partial charge >= 0.3 is 0 Å². The SMILES string of the molecule is Oc1c(N=Nc2nc3ccccc3[nH]2)c2ccccc2n1Cc1ccccc1Cl. The monoisotopic (exact) mass is 401 g/mol. The number of imidazole rings is 1. The molecule has 7 heteroatoms. The third-order valence-electron chi connectivity index (χ3n) is 4.83. The average Bonchev–Trinajstić information content (AvgIpc) is 3.27. The summed E-state index contributed by atoms with van der Waals surface area (Å²) in [7, 11) is 0. The van der Waals surface area contributed by atoms with Crippen LogP contribution in [0.2, 0.25) is 5.02 Å². The number of H-pyrrole nitrogens is 1. The summed E-state index contributed by atoms with van der Waals surface area (Å²) in [5.74, 6) is 0.416. The van der Waals surface area contributed by atoms with Gasteiger partial charge in [-0.05, 0) is 29.8 Å². The number of aromatic hydroxyl groups is 1. The minimum atomic E-state index is 0.0333. The Bertz CT molecular complexity index is 1340. The number of halogens is 1. The first-order chi connectivity index (χ1) is 14.2. The molecule has 0 atom stereocenters. The number of aromatic amines is 1. The highest BCUT2D eigenvalue weighted by atomic mass is 35.5. The van der Waals surface area contributed by atoms with Crippen molar-refractivity contribution < 1.29 is 5.11 Å². The largest absolute Gasteiger partial charge is 0.493 e. The fraction of sp³-hybridized carbons (Fsp3) is 0.0455. The molecule has 0 saturated carbocycles. The molecule has 3 aromatic carbocycles. The third-order valence-corrected chi connectivity index (χ3v) is 5.19. The standard InChI is InChI=1S/C22H16ClN5O/c23-16-9-3-1-7-14(16)13-28-19-12-6-2-8-15(19)20(21(28)29)26-27-22-24-17-10-4-5-11-18(17)25-22/h1-12,29H,13H2,(H,24,25). The fourth-order valence-corrected chi connectivity index (χ4v) is 3.61. The highest BCUT2D eigenvalue weighted by Crippen LogP contribution is 2.40. The first kappa shape index (κ1) is 17.5. The van der Waals surface area contributed by atoms with E-state index in [1.165, 1.54) is 0 Å². The Morgan fingerprint density at radius 3 is 2.55 bits per heavy atom. The van der Waals surface area contributed by atoms with Crippen LogP contribution in [0.15, 0.2) is 83.0 Å². The summed E-state index contributed by atoms with van der Waals surface area (Å²) in [6, 6.07) is 22.9. The third kappa shape index (κ3) is 3.13. The van der Waals surface area contributed by atoms with Crippen molar-refractivity contribution in [3.8, 4) is 5.88 Å². The van der Waals surface area contributed by atoms with Crippen molar-refractivity contribution in [1.29, 1.82) is 0 Å². The van der Waals surface area contributed by atoms with Crippen LogP contribution in [0.3, 0.4) is 0 Å². The van der Waals surface area contributed by atoms with Crippen molar-refractivity contribution in [2.75, 3.05) is 0 Å². The summed E-state index contributed by atoms with van der Waals surface area (Å²) < 4.78 is 1.78. The highest BCUT2D eigenvalue weighted by Gasteiger charge is 2.17. The molecule has 0 amide bonds. The minimum Gasteiger partial charge on any atom is -0.493 e. The van der Waals surface area contributed by atoms with Crippen LogP contribution in [0.1, 0.15) is 5.56 Å². The molecule has 2 heterocycles. The molecule has 0 aliphatic carbocycles. The quantitative estimate of drug-likeness (QED) is 0.344. The number of hydrogen-bond acceptors (Lipinski definition) is 4. The molecule has 2 aromatic heterocycles. The van der Waals surface area contributed by atoms with Gasteiger partial charge in [-0.3, -0.25) is 0 Å². The zero-order valence-corrected chi connectivity index (χ0v) is 16.0. The lowest BCUT2D eigenvalue weighted by Gasteiger charge is -2.08. The van der Waals surface area contributed by atoms with Gasteiger partial charge in [0.15, 0.2) is 5.69 Å². The van der Waals surface area contributed by atoms with Crippen molar-refractivity contribution in [2.24, 2.45) is 10.2 Å². The van der Waals surface area contributed by atoms with Gasteiger partial charge in [0.1, 0.15) is 0 Å². The lowest BCUT2D eigenvalue weighted by atomic mass is 10.2. The predicted octanol–water partition coefficient (Wildman–Crippen LogP) is 6.34. The van der Waals surface area contributed by atoms with E-state index >= 15 is 0 Å². The minimum absolute atomic E-state index is 0.0333. The molecule has 0 radical (unpaired) electrons. The van der Waals surface area contributed by atoms with Gasteiger partial charge in [0.25, 0.3) is 0 Å². The van der Waals surface area contributed by atoms with E-state index in [0.29, 0.717) is 23.2 Å². The number of aromatic nitrogens is 3. The molecule has 6 nitrogen and oxygen atoms in total. The first-order valence-electron chi connectivity index (χ1n) is 9.11. The maximum atomic E-state index is 10.9. The van der Waals surface area contributed by atoms with Crippen LogP contribution >= 0.6 is 11.6 Å². The summed E-state index contributed by atoms with van der Waals surface area (Å²) in [5.41, 5.74) is 3.85. The Kier molecular flexibility index (Phi) is 4.26. The lowest BCUT2D eigenvalue weighted by molar-refractivity contribution is 0.429. The predicted molar refractivity (Wildman–Crippen MR) is 114 cm³/mol. The second-order valence-corrected chi connectivity index (χ2v) is 7.05. The van der Waals surface area contributed by atoms with E-state index in [1.807, 2.05) is 72.8 Å². The van der Waals surface area contributed by atoms with Gasteiger partial charge in [-0.2, -0.15) is 0 Å². The van der Waals surface area contributed by atoms with E-state index in [0.717, 1.165) is 27.5 Å². The van der Waals surface area contributed by atoms with Crippen LogP contribution in [-0.4, -0.2) is 19.6 Å². The molecule has 0 unspecified atom stereocenters. The smallest absolute Gasteiger partial charge is 0.247 e. The van der Waals surface area contributed by atoms with Crippen molar-refractivity contribution >= 4 is 45.2 Å². The second kappa shape index (κ2) is 7.07. The van der Waals surface area contributed by atoms with Crippen LogP contribution in [-0.2, 0) is 6.54 Å². The number of para-hydroxylation sites is 3.